The maximum Gasteiger partial charge on any atom is 1.00 e. The van der Waals surface area contributed by atoms with E-state index in [9.17, 15) is 0 Å². The van der Waals surface area contributed by atoms with E-state index in [1.807, 2.05) is 24.3 Å². The number of aromatic nitrogens is 1. The first-order valence-electron chi connectivity index (χ1n) is 17.5. The summed E-state index contributed by atoms with van der Waals surface area (Å²) in [7, 11) is 0. The summed E-state index contributed by atoms with van der Waals surface area (Å²) in [4.78, 5) is 7.86. The normalized spacial score (nSPS) is 12.0. The molecular weight excluding hydrogens is 807 g/mol. The van der Waals surface area contributed by atoms with Gasteiger partial charge in [-0.05, 0) is 61.8 Å². The van der Waals surface area contributed by atoms with Crippen LogP contribution in [0.2, 0.25) is 0 Å². The third-order valence-corrected chi connectivity index (χ3v) is 9.46. The first-order chi connectivity index (χ1) is 24.0. The average molecular weight is 852 g/mol. The fourth-order valence-electron chi connectivity index (χ4n) is 6.89. The van der Waals surface area contributed by atoms with Crippen LogP contribution in [-0.2, 0) is 22.4 Å². The molecule has 0 aliphatic carbocycles. The van der Waals surface area contributed by atoms with Crippen molar-refractivity contribution in [2.24, 2.45) is 0 Å². The molecule has 0 bridgehead atoms. The topological polar surface area (TPSA) is 48.3 Å². The molecule has 0 unspecified atom stereocenters. The molecule has 0 spiro atoms. The van der Waals surface area contributed by atoms with Gasteiger partial charge in [-0.15, -0.1) is 11.0 Å². The van der Waals surface area contributed by atoms with Crippen LogP contribution in [0.5, 0.6) is 0 Å². The maximum absolute atomic E-state index is 8.89. The van der Waals surface area contributed by atoms with E-state index in [-0.39, 0.29) is 22.4 Å². The molecule has 51 heavy (non-hydrogen) atoms. The third-order valence-electron chi connectivity index (χ3n) is 9.46. The van der Waals surface area contributed by atoms with Crippen LogP contribution >= 0.6 is 0 Å². The van der Waals surface area contributed by atoms with Crippen molar-refractivity contribution in [2.45, 2.75) is 79.1 Å². The van der Waals surface area contributed by atoms with E-state index >= 15 is 0 Å². The predicted octanol–water partition coefficient (Wildman–Crippen LogP) is 12.4. The standard InChI is InChI=1S/C31H38N2.C14H6N3.Au/c1-20(2)24-13-11-14-25(21(3)4)30(24)32-19-33(29-18-10-9-17-28(29)32)31-26(22(5)6)15-12-16-27(31)23(7)8;1-16-10-3-5-14-12(7-10)11-6-9(8-15)2-4-13(11)17-14;/h9-18,20-23H,1-8H3;2-7H;/q+2;-1;+1. The number of hydrogen-bond donors (Lipinski definition) is 0. The molecule has 1 aliphatic rings. The van der Waals surface area contributed by atoms with Gasteiger partial charge in [-0.3, -0.25) is 0 Å². The van der Waals surface area contributed by atoms with Crippen LogP contribution in [0.3, 0.4) is 0 Å². The summed E-state index contributed by atoms with van der Waals surface area (Å²) in [5.41, 5.74) is 13.4. The van der Waals surface area contributed by atoms with Gasteiger partial charge in [0.1, 0.15) is 0 Å². The smallest absolute Gasteiger partial charge is 0.657 e. The number of nitrogens with zero attached hydrogens (tertiary/aromatic N) is 5. The summed E-state index contributed by atoms with van der Waals surface area (Å²) in [6, 6.07) is 39.1. The molecular formula is C45H44AuN5+2. The second-order valence-electron chi connectivity index (χ2n) is 14.2. The Bertz CT molecular complexity index is 2190. The molecule has 0 radical (unpaired) electrons. The zero-order valence-corrected chi connectivity index (χ0v) is 32.8. The van der Waals surface area contributed by atoms with E-state index in [0.29, 0.717) is 34.9 Å². The molecule has 6 aromatic rings. The zero-order valence-electron chi connectivity index (χ0n) is 30.6. The van der Waals surface area contributed by atoms with Gasteiger partial charge in [-0.25, -0.2) is 4.85 Å². The Kier molecular flexibility index (Phi) is 11.3. The fraction of sp³-hybridized carbons (Fsp3) is 0.267. The van der Waals surface area contributed by atoms with Crippen LogP contribution in [0.4, 0.5) is 28.4 Å². The molecule has 2 heterocycles. The Labute approximate surface area is 317 Å². The largest absolute Gasteiger partial charge is 1.00 e. The van der Waals surface area contributed by atoms with Crippen molar-refractivity contribution < 1.29 is 22.4 Å². The van der Waals surface area contributed by atoms with Crippen molar-refractivity contribution in [3.05, 3.63) is 136 Å². The fourth-order valence-corrected chi connectivity index (χ4v) is 6.89. The van der Waals surface area contributed by atoms with E-state index in [4.69, 9.17) is 11.8 Å². The van der Waals surface area contributed by atoms with Gasteiger partial charge < -0.3 is 4.98 Å². The number of nitriles is 1. The van der Waals surface area contributed by atoms with Crippen molar-refractivity contribution >= 4 is 56.3 Å². The summed E-state index contributed by atoms with van der Waals surface area (Å²) >= 11 is 0. The van der Waals surface area contributed by atoms with Crippen LogP contribution in [-0.4, -0.2) is 6.01 Å². The second kappa shape index (κ2) is 15.5. The van der Waals surface area contributed by atoms with E-state index in [0.717, 1.165) is 21.8 Å². The predicted molar refractivity (Wildman–Crippen MR) is 209 cm³/mol. The molecule has 7 rings (SSSR count). The molecule has 1 aromatic heterocycles. The van der Waals surface area contributed by atoms with Gasteiger partial charge >= 0.3 is 28.4 Å². The summed E-state index contributed by atoms with van der Waals surface area (Å²) in [5, 5.41) is 10.8. The molecule has 1 aliphatic heterocycles. The molecule has 0 saturated carbocycles. The summed E-state index contributed by atoms with van der Waals surface area (Å²) in [6.45, 7) is 25.3. The van der Waals surface area contributed by atoms with E-state index in [1.165, 1.54) is 45.0 Å². The summed E-state index contributed by atoms with van der Waals surface area (Å²) in [5.74, 6) is 1.71. The minimum atomic E-state index is 0. The molecule has 258 valence electrons. The summed E-state index contributed by atoms with van der Waals surface area (Å²) in [6.07, 6.45) is 0. The van der Waals surface area contributed by atoms with Gasteiger partial charge in [-0.2, -0.15) is 5.26 Å². The van der Waals surface area contributed by atoms with Crippen molar-refractivity contribution in [1.82, 2.24) is 14.1 Å². The number of fused-ring (bicyclic) bond motifs is 4. The monoisotopic (exact) mass is 851 g/mol. The molecule has 0 atom stereocenters. The van der Waals surface area contributed by atoms with Gasteiger partial charge in [0.05, 0.1) is 18.2 Å². The van der Waals surface area contributed by atoms with Crippen molar-refractivity contribution in [1.29, 1.82) is 5.26 Å². The van der Waals surface area contributed by atoms with Crippen LogP contribution in [0.1, 0.15) is 107 Å². The van der Waals surface area contributed by atoms with Gasteiger partial charge in [0, 0.05) is 34.4 Å². The van der Waals surface area contributed by atoms with Gasteiger partial charge in [0.25, 0.3) is 11.4 Å². The van der Waals surface area contributed by atoms with E-state index in [1.54, 1.807) is 12.1 Å². The van der Waals surface area contributed by atoms with Crippen molar-refractivity contribution in [3.8, 4) is 6.07 Å². The number of benzene rings is 5. The van der Waals surface area contributed by atoms with Crippen molar-refractivity contribution in [3.63, 3.8) is 0 Å². The second-order valence-corrected chi connectivity index (χ2v) is 14.2. The maximum atomic E-state index is 8.89. The van der Waals surface area contributed by atoms with Gasteiger partial charge in [-0.1, -0.05) is 122 Å². The van der Waals surface area contributed by atoms with E-state index < -0.39 is 0 Å². The zero-order chi connectivity index (χ0) is 35.7. The van der Waals surface area contributed by atoms with Gasteiger partial charge in [0.2, 0.25) is 11.4 Å². The number of rotatable bonds is 6. The Balaban J connectivity index is 0.000000235. The Hall–Kier alpha value is -5.00. The number of hydrogen-bond acceptors (Lipinski definition) is 1. The Morgan fingerprint density at radius 2 is 1.04 bits per heavy atom. The van der Waals surface area contributed by atoms with Crippen LogP contribution in [0, 0.1) is 17.9 Å². The first-order valence-corrected chi connectivity index (χ1v) is 17.5. The molecule has 6 heteroatoms. The molecule has 0 fully saturated rings. The molecule has 0 N–H and O–H groups in total. The average Bonchev–Trinajstić information content (AvgIpc) is 3.68. The van der Waals surface area contributed by atoms with Gasteiger partial charge in [0.15, 0.2) is 5.69 Å². The molecule has 0 saturated heterocycles. The van der Waals surface area contributed by atoms with E-state index in [2.05, 4.69) is 147 Å². The Morgan fingerprint density at radius 1 is 0.608 bits per heavy atom. The minimum Gasteiger partial charge on any atom is -0.657 e. The van der Waals surface area contributed by atoms with Crippen LogP contribution < -0.4 is 14.1 Å². The molecule has 5 nitrogen and oxygen atoms in total. The Morgan fingerprint density at radius 3 is 1.45 bits per heavy atom. The van der Waals surface area contributed by atoms with Crippen LogP contribution in [0.25, 0.3) is 26.7 Å². The third kappa shape index (κ3) is 7.13. The summed E-state index contributed by atoms with van der Waals surface area (Å²) < 4.78 is 4.64. The SMILES string of the molecule is CC(C)c1cccc(C(C)C)c1[N+]1=C=[N+](c2c(C(C)C)cccc2C(C)C)c2ccccc21.[Au+].[C-]#[N+]c1ccc2[n-]c3ccc(C#N)cc3c2c1. The quantitative estimate of drug-likeness (QED) is 0.0951. The van der Waals surface area contributed by atoms with Crippen LogP contribution in [0.15, 0.2) is 97.1 Å². The molecule has 5 aromatic carbocycles. The molecule has 0 amide bonds. The number of para-hydroxylation sites is 4. The first kappa shape index (κ1) is 37.3. The minimum absolute atomic E-state index is 0. The van der Waals surface area contributed by atoms with Crippen molar-refractivity contribution in [2.75, 3.05) is 0 Å².